The normalized spacial score (nSPS) is 8.89. The Morgan fingerprint density at radius 3 is 2.56 bits per heavy atom. The van der Waals surface area contributed by atoms with Crippen LogP contribution in [0.15, 0.2) is 0 Å². The van der Waals surface area contributed by atoms with Crippen LogP contribution >= 0.6 is 0 Å². The van der Waals surface area contributed by atoms with Gasteiger partial charge in [0.05, 0.1) is 6.42 Å². The van der Waals surface area contributed by atoms with Crippen LogP contribution in [0.1, 0.15) is 32.1 Å². The minimum Gasteiger partial charge on any atom is -0.361 e. The van der Waals surface area contributed by atoms with Crippen molar-refractivity contribution >= 4 is 23.8 Å². The number of ketones is 1. The number of hydrogen-bond donors (Lipinski definition) is 0. The Hall–Kier alpha value is -2.25. The molecule has 0 rings (SSSR count). The lowest BCUT2D eigenvalue weighted by Crippen LogP contribution is -2.34. The van der Waals surface area contributed by atoms with Gasteiger partial charge in [-0.2, -0.15) is 4.79 Å². The predicted molar refractivity (Wildman–Crippen MR) is 64.4 cm³/mol. The van der Waals surface area contributed by atoms with Crippen molar-refractivity contribution in [1.82, 2.24) is 4.90 Å². The molecule has 0 radical (unpaired) electrons. The van der Waals surface area contributed by atoms with Crippen LogP contribution in [0.2, 0.25) is 0 Å². The van der Waals surface area contributed by atoms with Gasteiger partial charge in [-0.15, -0.1) is 12.3 Å². The topological polar surface area (TPSA) is 90.9 Å². The first-order valence-electron chi connectivity index (χ1n) is 5.46. The molecule has 0 unspecified atom stereocenters. The second-order valence-corrected chi connectivity index (χ2v) is 3.65. The first kappa shape index (κ1) is 15.8. The van der Waals surface area contributed by atoms with Gasteiger partial charge < -0.3 is 5.53 Å². The molecule has 0 atom stereocenters. The van der Waals surface area contributed by atoms with Crippen molar-refractivity contribution in [2.24, 2.45) is 0 Å². The molecule has 0 spiro atoms. The molecular weight excluding hydrogens is 234 g/mol. The molecule has 0 aliphatic rings. The van der Waals surface area contributed by atoms with Crippen molar-refractivity contribution in [1.29, 1.82) is 0 Å². The molecule has 96 valence electrons. The second kappa shape index (κ2) is 8.85. The highest BCUT2D eigenvalue weighted by Crippen LogP contribution is 2.03. The molecule has 0 fully saturated rings. The van der Waals surface area contributed by atoms with Gasteiger partial charge in [0, 0.05) is 19.9 Å². The number of terminal acetylenes is 1. The Bertz CT molecular complexity index is 417. The molecule has 0 saturated heterocycles. The number of nitrogens with zero attached hydrogens (tertiary/aromatic N) is 3. The van der Waals surface area contributed by atoms with Crippen molar-refractivity contribution in [3.63, 3.8) is 0 Å². The Balaban J connectivity index is 4.13. The van der Waals surface area contributed by atoms with Gasteiger partial charge in [-0.25, -0.2) is 0 Å². The molecule has 0 aliphatic heterocycles. The molecule has 6 heteroatoms. The average Bonchev–Trinajstić information content (AvgIpc) is 2.33. The SMILES string of the molecule is C#CCCCCC(=O)N(C)C(=O)CC(=O)C=[N+]=[N-]. The molecule has 0 saturated carbocycles. The summed E-state index contributed by atoms with van der Waals surface area (Å²) in [4.78, 5) is 37.4. The molecular formula is C12H15N3O3. The summed E-state index contributed by atoms with van der Waals surface area (Å²) in [5.41, 5.74) is 8.10. The molecule has 18 heavy (non-hydrogen) atoms. The Kier molecular flexibility index (Phi) is 7.74. The fourth-order valence-corrected chi connectivity index (χ4v) is 1.19. The smallest absolute Gasteiger partial charge is 0.323 e. The summed E-state index contributed by atoms with van der Waals surface area (Å²) in [5, 5.41) is 0. The first-order valence-corrected chi connectivity index (χ1v) is 5.46. The monoisotopic (exact) mass is 249 g/mol. The van der Waals surface area contributed by atoms with E-state index in [1.54, 1.807) is 0 Å². The van der Waals surface area contributed by atoms with Crippen LogP contribution in [-0.4, -0.2) is 40.5 Å². The van der Waals surface area contributed by atoms with Crippen molar-refractivity contribution in [2.75, 3.05) is 7.05 Å². The fraction of sp³-hybridized carbons (Fsp3) is 0.500. The van der Waals surface area contributed by atoms with Gasteiger partial charge >= 0.3 is 6.21 Å². The number of imide groups is 1. The van der Waals surface area contributed by atoms with Crippen molar-refractivity contribution in [3.8, 4) is 12.3 Å². The molecule has 6 nitrogen and oxygen atoms in total. The third-order valence-corrected chi connectivity index (χ3v) is 2.24. The van der Waals surface area contributed by atoms with E-state index >= 15 is 0 Å². The number of amides is 2. The van der Waals surface area contributed by atoms with Crippen LogP contribution in [0.3, 0.4) is 0 Å². The number of rotatable bonds is 7. The van der Waals surface area contributed by atoms with E-state index < -0.39 is 18.1 Å². The quantitative estimate of drug-likeness (QED) is 0.163. The minimum absolute atomic E-state index is 0.214. The number of carbonyl (C=O) groups is 3. The zero-order valence-corrected chi connectivity index (χ0v) is 10.3. The summed E-state index contributed by atoms with van der Waals surface area (Å²) in [6, 6.07) is 0. The Morgan fingerprint density at radius 1 is 1.33 bits per heavy atom. The number of Topliss-reactive ketones (excluding diaryl/α,β-unsaturated/α-hetero) is 1. The first-order chi connectivity index (χ1) is 8.52. The van der Waals surface area contributed by atoms with E-state index in [2.05, 4.69) is 10.7 Å². The maximum absolute atomic E-state index is 11.5. The van der Waals surface area contributed by atoms with Crippen molar-refractivity contribution < 1.29 is 19.2 Å². The zero-order valence-electron chi connectivity index (χ0n) is 10.3. The van der Waals surface area contributed by atoms with E-state index in [-0.39, 0.29) is 12.3 Å². The average molecular weight is 249 g/mol. The standard InChI is InChI=1S/C12H15N3O3/c1-3-4-5-6-7-11(17)15(2)12(18)8-10(16)9-14-13/h1,9H,4-8H2,2H3. The summed E-state index contributed by atoms with van der Waals surface area (Å²) in [5.74, 6) is 0.822. The van der Waals surface area contributed by atoms with E-state index in [1.807, 2.05) is 0 Å². The minimum atomic E-state index is -0.658. The maximum Gasteiger partial charge on any atom is 0.323 e. The third-order valence-electron chi connectivity index (χ3n) is 2.24. The summed E-state index contributed by atoms with van der Waals surface area (Å²) in [7, 11) is 1.31. The van der Waals surface area contributed by atoms with Gasteiger partial charge in [-0.3, -0.25) is 19.3 Å². The fourth-order valence-electron chi connectivity index (χ4n) is 1.19. The predicted octanol–water partition coefficient (Wildman–Crippen LogP) is 0.425. The van der Waals surface area contributed by atoms with Gasteiger partial charge in [0.25, 0.3) is 0 Å². The molecule has 2 amide bonds. The molecule has 0 N–H and O–H groups in total. The van der Waals surface area contributed by atoms with Gasteiger partial charge in [-0.05, 0) is 12.8 Å². The second-order valence-electron chi connectivity index (χ2n) is 3.65. The van der Waals surface area contributed by atoms with E-state index in [1.165, 1.54) is 7.05 Å². The molecule has 0 aliphatic carbocycles. The van der Waals surface area contributed by atoms with Crippen LogP contribution in [0.25, 0.3) is 5.53 Å². The number of unbranched alkanes of at least 4 members (excludes halogenated alkanes) is 2. The molecule has 0 heterocycles. The van der Waals surface area contributed by atoms with E-state index in [0.717, 1.165) is 11.3 Å². The third kappa shape index (κ3) is 6.36. The van der Waals surface area contributed by atoms with Gasteiger partial charge in [0.15, 0.2) is 0 Å². The van der Waals surface area contributed by atoms with E-state index in [4.69, 9.17) is 12.0 Å². The summed E-state index contributed by atoms with van der Waals surface area (Å²) in [6.45, 7) is 0. The van der Waals surface area contributed by atoms with Crippen LogP contribution in [0, 0.1) is 12.3 Å². The lowest BCUT2D eigenvalue weighted by atomic mass is 10.2. The Labute approximate surface area is 106 Å². The highest BCUT2D eigenvalue weighted by atomic mass is 16.2. The van der Waals surface area contributed by atoms with Crippen LogP contribution in [-0.2, 0) is 14.4 Å². The van der Waals surface area contributed by atoms with Crippen LogP contribution in [0.5, 0.6) is 0 Å². The summed E-state index contributed by atoms with van der Waals surface area (Å²) >= 11 is 0. The molecule has 0 bridgehead atoms. The van der Waals surface area contributed by atoms with Gasteiger partial charge in [0.2, 0.25) is 17.6 Å². The molecule has 0 aromatic carbocycles. The van der Waals surface area contributed by atoms with Crippen molar-refractivity contribution in [2.45, 2.75) is 32.1 Å². The Morgan fingerprint density at radius 2 is 2.00 bits per heavy atom. The largest absolute Gasteiger partial charge is 0.361 e. The maximum atomic E-state index is 11.5. The van der Waals surface area contributed by atoms with Crippen LogP contribution < -0.4 is 0 Å². The molecule has 0 aromatic heterocycles. The number of carbonyl (C=O) groups excluding carboxylic acids is 3. The lowest BCUT2D eigenvalue weighted by Gasteiger charge is -2.13. The van der Waals surface area contributed by atoms with Crippen LogP contribution in [0.4, 0.5) is 0 Å². The van der Waals surface area contributed by atoms with Gasteiger partial charge in [-0.1, -0.05) is 0 Å². The van der Waals surface area contributed by atoms with E-state index in [9.17, 15) is 14.4 Å². The molecule has 0 aromatic rings. The highest BCUT2D eigenvalue weighted by Gasteiger charge is 2.19. The van der Waals surface area contributed by atoms with Gasteiger partial charge in [0.1, 0.15) is 0 Å². The lowest BCUT2D eigenvalue weighted by molar-refractivity contribution is -0.144. The summed E-state index contributed by atoms with van der Waals surface area (Å²) < 4.78 is 0. The summed E-state index contributed by atoms with van der Waals surface area (Å²) in [6.07, 6.45) is 7.34. The zero-order chi connectivity index (χ0) is 14.0. The number of hydrogen-bond acceptors (Lipinski definition) is 3. The van der Waals surface area contributed by atoms with Crippen molar-refractivity contribution in [3.05, 3.63) is 5.53 Å². The van der Waals surface area contributed by atoms with E-state index in [0.29, 0.717) is 19.1 Å². The highest BCUT2D eigenvalue weighted by molar-refractivity contribution is 6.30.